The topological polar surface area (TPSA) is 47.4 Å². The molecule has 0 radical (unpaired) electrons. The third-order valence-electron chi connectivity index (χ3n) is 3.89. The molecule has 118 valence electrons. The average Bonchev–Trinajstić information content (AvgIpc) is 2.75. The van der Waals surface area contributed by atoms with Gasteiger partial charge in [0.05, 0.1) is 23.3 Å². The highest BCUT2D eigenvalue weighted by Crippen LogP contribution is 2.34. The molecule has 0 amide bonds. The Labute approximate surface area is 134 Å². The van der Waals surface area contributed by atoms with Crippen LogP contribution in [0.5, 0.6) is 0 Å². The number of halogens is 1. The number of Topliss-reactive ketones (excluding diaryl/α,β-unsaturated/α-hetero) is 1. The molecule has 0 atom stereocenters. The molecule has 1 saturated carbocycles. The van der Waals surface area contributed by atoms with Crippen molar-refractivity contribution < 1.29 is 9.53 Å². The Bertz CT molecular complexity index is 481. The maximum absolute atomic E-state index is 12.5. The smallest absolute Gasteiger partial charge is 0.182 e. The van der Waals surface area contributed by atoms with Crippen LogP contribution >= 0.6 is 15.9 Å². The minimum atomic E-state index is 0.179. The van der Waals surface area contributed by atoms with Gasteiger partial charge in [-0.25, -0.2) is 0 Å². The number of aromatic nitrogens is 2. The van der Waals surface area contributed by atoms with Gasteiger partial charge in [0.1, 0.15) is 5.69 Å². The highest BCUT2D eigenvalue weighted by atomic mass is 79.9. The molecule has 1 fully saturated rings. The SMILES string of the molecule is CCOC1CC(CC(=O)c2c(Br)cnn2CCN(C)C)C1. The van der Waals surface area contributed by atoms with Crippen molar-refractivity contribution in [1.29, 1.82) is 0 Å². The summed E-state index contributed by atoms with van der Waals surface area (Å²) in [5, 5.41) is 4.30. The fourth-order valence-electron chi connectivity index (χ4n) is 2.68. The summed E-state index contributed by atoms with van der Waals surface area (Å²) in [5.74, 6) is 0.635. The molecule has 21 heavy (non-hydrogen) atoms. The molecule has 0 aromatic carbocycles. The van der Waals surface area contributed by atoms with Crippen LogP contribution in [0.15, 0.2) is 10.7 Å². The minimum Gasteiger partial charge on any atom is -0.378 e. The Balaban J connectivity index is 1.91. The molecule has 0 spiro atoms. The second-order valence-electron chi connectivity index (χ2n) is 5.91. The van der Waals surface area contributed by atoms with Crippen LogP contribution in [0.3, 0.4) is 0 Å². The predicted molar refractivity (Wildman–Crippen MR) is 85.6 cm³/mol. The number of carbonyl (C=O) groups excluding carboxylic acids is 1. The van der Waals surface area contributed by atoms with Crippen molar-refractivity contribution >= 4 is 21.7 Å². The van der Waals surface area contributed by atoms with Gasteiger partial charge >= 0.3 is 0 Å². The summed E-state index contributed by atoms with van der Waals surface area (Å²) >= 11 is 3.45. The lowest BCUT2D eigenvalue weighted by molar-refractivity contribution is -0.0246. The lowest BCUT2D eigenvalue weighted by Gasteiger charge is -2.34. The Kier molecular flexibility index (Phi) is 5.96. The van der Waals surface area contributed by atoms with E-state index in [1.165, 1.54) is 0 Å². The number of carbonyl (C=O) groups is 1. The number of ether oxygens (including phenoxy) is 1. The summed E-state index contributed by atoms with van der Waals surface area (Å²) in [7, 11) is 4.03. The summed E-state index contributed by atoms with van der Waals surface area (Å²) in [4.78, 5) is 14.6. The molecule has 0 saturated heterocycles. The Morgan fingerprint density at radius 3 is 2.86 bits per heavy atom. The molecule has 2 rings (SSSR count). The van der Waals surface area contributed by atoms with Gasteiger partial charge in [-0.3, -0.25) is 9.48 Å². The number of nitrogens with zero attached hydrogens (tertiary/aromatic N) is 3. The van der Waals surface area contributed by atoms with E-state index in [0.29, 0.717) is 24.1 Å². The first-order valence-corrected chi connectivity index (χ1v) is 8.31. The highest BCUT2D eigenvalue weighted by molar-refractivity contribution is 9.10. The largest absolute Gasteiger partial charge is 0.378 e. The van der Waals surface area contributed by atoms with E-state index < -0.39 is 0 Å². The van der Waals surface area contributed by atoms with E-state index in [0.717, 1.165) is 37.0 Å². The standard InChI is InChI=1S/C15H24BrN3O2/c1-4-21-12-7-11(8-12)9-14(20)15-13(16)10-17-19(15)6-5-18(2)3/h10-12H,4-9H2,1-3H3. The van der Waals surface area contributed by atoms with Crippen molar-refractivity contribution in [1.82, 2.24) is 14.7 Å². The number of hydrogen-bond donors (Lipinski definition) is 0. The first kappa shape index (κ1) is 16.6. The molecule has 5 nitrogen and oxygen atoms in total. The van der Waals surface area contributed by atoms with Crippen LogP contribution in [0.2, 0.25) is 0 Å². The zero-order valence-corrected chi connectivity index (χ0v) is 14.6. The number of hydrogen-bond acceptors (Lipinski definition) is 4. The summed E-state index contributed by atoms with van der Waals surface area (Å²) in [6.45, 7) is 4.36. The second-order valence-corrected chi connectivity index (χ2v) is 6.76. The Morgan fingerprint density at radius 1 is 1.52 bits per heavy atom. The van der Waals surface area contributed by atoms with Gasteiger partial charge in [0.25, 0.3) is 0 Å². The fourth-order valence-corrected chi connectivity index (χ4v) is 3.19. The summed E-state index contributed by atoms with van der Waals surface area (Å²) < 4.78 is 8.16. The molecule has 1 aromatic rings. The molecular formula is C15H24BrN3O2. The van der Waals surface area contributed by atoms with Crippen molar-refractivity contribution in [3.63, 3.8) is 0 Å². The van der Waals surface area contributed by atoms with E-state index in [2.05, 4.69) is 25.9 Å². The van der Waals surface area contributed by atoms with E-state index in [1.807, 2.05) is 25.7 Å². The van der Waals surface area contributed by atoms with Crippen LogP contribution < -0.4 is 0 Å². The normalized spacial score (nSPS) is 21.6. The Morgan fingerprint density at radius 2 is 2.24 bits per heavy atom. The van der Waals surface area contributed by atoms with Crippen molar-refractivity contribution in [3.8, 4) is 0 Å². The third-order valence-corrected chi connectivity index (χ3v) is 4.47. The molecule has 0 unspecified atom stereocenters. The van der Waals surface area contributed by atoms with Crippen LogP contribution in [0, 0.1) is 5.92 Å². The first-order chi connectivity index (χ1) is 10.0. The fraction of sp³-hybridized carbons (Fsp3) is 0.733. The van der Waals surface area contributed by atoms with E-state index in [9.17, 15) is 4.79 Å². The van der Waals surface area contributed by atoms with Crippen molar-refractivity contribution in [3.05, 3.63) is 16.4 Å². The quantitative estimate of drug-likeness (QED) is 0.671. The molecule has 0 bridgehead atoms. The van der Waals surface area contributed by atoms with Gasteiger partial charge in [-0.05, 0) is 55.7 Å². The second kappa shape index (κ2) is 7.51. The van der Waals surface area contributed by atoms with Gasteiger partial charge in [-0.2, -0.15) is 5.10 Å². The van der Waals surface area contributed by atoms with Crippen molar-refractivity contribution in [2.75, 3.05) is 27.2 Å². The van der Waals surface area contributed by atoms with Crippen molar-refractivity contribution in [2.24, 2.45) is 5.92 Å². The van der Waals surface area contributed by atoms with Gasteiger partial charge in [0.2, 0.25) is 0 Å². The zero-order valence-electron chi connectivity index (χ0n) is 13.0. The predicted octanol–water partition coefficient (Wildman–Crippen LogP) is 2.60. The molecular weight excluding hydrogens is 334 g/mol. The average molecular weight is 358 g/mol. The molecule has 1 heterocycles. The maximum Gasteiger partial charge on any atom is 0.182 e. The van der Waals surface area contributed by atoms with Crippen LogP contribution in [-0.2, 0) is 11.3 Å². The minimum absolute atomic E-state index is 0.179. The Hall–Kier alpha value is -0.720. The van der Waals surface area contributed by atoms with Gasteiger partial charge in [0.15, 0.2) is 5.78 Å². The van der Waals surface area contributed by atoms with Gasteiger partial charge < -0.3 is 9.64 Å². The number of ketones is 1. The van der Waals surface area contributed by atoms with Crippen LogP contribution in [-0.4, -0.2) is 53.8 Å². The van der Waals surface area contributed by atoms with Gasteiger partial charge in [-0.1, -0.05) is 0 Å². The van der Waals surface area contributed by atoms with Crippen LogP contribution in [0.25, 0.3) is 0 Å². The van der Waals surface area contributed by atoms with E-state index >= 15 is 0 Å². The summed E-state index contributed by atoms with van der Waals surface area (Å²) in [6.07, 6.45) is 4.67. The van der Waals surface area contributed by atoms with E-state index in [-0.39, 0.29) is 5.78 Å². The zero-order chi connectivity index (χ0) is 15.4. The summed E-state index contributed by atoms with van der Waals surface area (Å²) in [6, 6.07) is 0. The summed E-state index contributed by atoms with van der Waals surface area (Å²) in [5.41, 5.74) is 0.705. The lowest BCUT2D eigenvalue weighted by atomic mass is 9.78. The molecule has 0 N–H and O–H groups in total. The van der Waals surface area contributed by atoms with Crippen molar-refractivity contribution in [2.45, 2.75) is 38.8 Å². The first-order valence-electron chi connectivity index (χ1n) is 7.52. The molecule has 0 aliphatic heterocycles. The third kappa shape index (κ3) is 4.37. The number of rotatable bonds is 8. The monoisotopic (exact) mass is 357 g/mol. The molecule has 1 aliphatic carbocycles. The lowest BCUT2D eigenvalue weighted by Crippen LogP contribution is -2.33. The van der Waals surface area contributed by atoms with E-state index in [4.69, 9.17) is 4.74 Å². The highest BCUT2D eigenvalue weighted by Gasteiger charge is 2.32. The van der Waals surface area contributed by atoms with Crippen LogP contribution in [0.4, 0.5) is 0 Å². The van der Waals surface area contributed by atoms with Crippen LogP contribution in [0.1, 0.15) is 36.7 Å². The molecule has 1 aliphatic rings. The molecule has 6 heteroatoms. The number of likely N-dealkylation sites (N-methyl/N-ethyl adjacent to an activating group) is 1. The van der Waals surface area contributed by atoms with E-state index in [1.54, 1.807) is 6.20 Å². The maximum atomic E-state index is 12.5. The van der Waals surface area contributed by atoms with Gasteiger partial charge in [0, 0.05) is 19.6 Å². The van der Waals surface area contributed by atoms with Gasteiger partial charge in [-0.15, -0.1) is 0 Å². The molecule has 1 aromatic heterocycles.